The molecule has 0 unspecified atom stereocenters. The third kappa shape index (κ3) is 4.66. The van der Waals surface area contributed by atoms with Gasteiger partial charge in [0.1, 0.15) is 23.6 Å². The molecule has 2 aromatic heterocycles. The number of carbonyl (C=O) groups excluding carboxylic acids is 1. The van der Waals surface area contributed by atoms with Gasteiger partial charge in [-0.1, -0.05) is 31.2 Å². The molecule has 0 atom stereocenters. The third-order valence-corrected chi connectivity index (χ3v) is 4.86. The average Bonchev–Trinajstić information content (AvgIpc) is 3.25. The van der Waals surface area contributed by atoms with Gasteiger partial charge in [-0.15, -0.1) is 0 Å². The normalized spacial score (nSPS) is 10.8. The Hall–Kier alpha value is -3.87. The van der Waals surface area contributed by atoms with E-state index in [0.29, 0.717) is 35.6 Å². The first-order chi connectivity index (χ1) is 15.2. The molecule has 0 saturated carbocycles. The number of hydrogen-bond donors (Lipinski definition) is 2. The number of methoxy groups -OCH3 is 1. The van der Waals surface area contributed by atoms with Crippen LogP contribution >= 0.6 is 0 Å². The number of nitrogens with one attached hydrogen (secondary N) is 2. The van der Waals surface area contributed by atoms with E-state index >= 15 is 0 Å². The Balaban J connectivity index is 1.54. The maximum absolute atomic E-state index is 12.4. The summed E-state index contributed by atoms with van der Waals surface area (Å²) in [4.78, 5) is 24.5. The van der Waals surface area contributed by atoms with Gasteiger partial charge in [0, 0.05) is 18.3 Å². The van der Waals surface area contributed by atoms with E-state index in [1.165, 1.54) is 0 Å². The fourth-order valence-corrected chi connectivity index (χ4v) is 3.17. The number of H-pyrrole nitrogens is 1. The Kier molecular flexibility index (Phi) is 6.12. The molecule has 7 nitrogen and oxygen atoms in total. The number of nitrogens with zero attached hydrogens (tertiary/aromatic N) is 2. The molecule has 0 aliphatic carbocycles. The van der Waals surface area contributed by atoms with Gasteiger partial charge >= 0.3 is 0 Å². The lowest BCUT2D eigenvalue weighted by molar-refractivity contribution is 0.0955. The number of hydrogen-bond acceptors (Lipinski definition) is 5. The SMILES string of the molecule is CCCNC(=O)c1c[nH]c2ncc(-c3cccc(OCc4ccc(OC)cc4)c3)nc12. The second-order valence-electron chi connectivity index (χ2n) is 7.08. The Labute approximate surface area is 180 Å². The van der Waals surface area contributed by atoms with Crippen molar-refractivity contribution in [2.24, 2.45) is 0 Å². The van der Waals surface area contributed by atoms with E-state index in [9.17, 15) is 4.79 Å². The first kappa shape index (κ1) is 20.4. The lowest BCUT2D eigenvalue weighted by Crippen LogP contribution is -2.23. The summed E-state index contributed by atoms with van der Waals surface area (Å²) in [7, 11) is 1.64. The zero-order valence-electron chi connectivity index (χ0n) is 17.5. The second-order valence-corrected chi connectivity index (χ2v) is 7.08. The first-order valence-electron chi connectivity index (χ1n) is 10.2. The molecule has 1 amide bonds. The zero-order valence-corrected chi connectivity index (χ0v) is 17.5. The standard InChI is InChI=1S/C24H24N4O3/c1-3-11-25-24(29)20-13-26-23-22(20)28-21(14-27-23)17-5-4-6-19(12-17)31-15-16-7-9-18(30-2)10-8-16/h4-10,12-14H,3,11,15H2,1-2H3,(H,25,29)(H,26,27). The van der Waals surface area contributed by atoms with Gasteiger partial charge in [0.25, 0.3) is 5.91 Å². The third-order valence-electron chi connectivity index (χ3n) is 4.86. The Morgan fingerprint density at radius 1 is 1.13 bits per heavy atom. The van der Waals surface area contributed by atoms with Gasteiger partial charge in [-0.2, -0.15) is 0 Å². The molecule has 2 heterocycles. The molecule has 0 bridgehead atoms. The van der Waals surface area contributed by atoms with Gasteiger partial charge < -0.3 is 19.8 Å². The summed E-state index contributed by atoms with van der Waals surface area (Å²) in [6, 6.07) is 15.4. The Morgan fingerprint density at radius 2 is 1.97 bits per heavy atom. The van der Waals surface area contributed by atoms with E-state index in [2.05, 4.69) is 20.3 Å². The summed E-state index contributed by atoms with van der Waals surface area (Å²) < 4.78 is 11.1. The van der Waals surface area contributed by atoms with Crippen molar-refractivity contribution in [2.75, 3.05) is 13.7 Å². The fraction of sp³-hybridized carbons (Fsp3) is 0.208. The number of fused-ring (bicyclic) bond motifs is 1. The number of rotatable bonds is 8. The zero-order chi connectivity index (χ0) is 21.6. The van der Waals surface area contributed by atoms with Crippen molar-refractivity contribution in [1.82, 2.24) is 20.3 Å². The quantitative estimate of drug-likeness (QED) is 0.446. The molecule has 2 aromatic carbocycles. The molecule has 4 aromatic rings. The molecule has 0 radical (unpaired) electrons. The van der Waals surface area contributed by atoms with Crippen molar-refractivity contribution in [2.45, 2.75) is 20.0 Å². The first-order valence-corrected chi connectivity index (χ1v) is 10.2. The molecule has 0 aliphatic heterocycles. The summed E-state index contributed by atoms with van der Waals surface area (Å²) in [5.74, 6) is 1.38. The molecule has 0 spiro atoms. The van der Waals surface area contributed by atoms with Crippen LogP contribution < -0.4 is 14.8 Å². The maximum Gasteiger partial charge on any atom is 0.255 e. The van der Waals surface area contributed by atoms with Gasteiger partial charge in [0.15, 0.2) is 5.65 Å². The minimum atomic E-state index is -0.156. The lowest BCUT2D eigenvalue weighted by Gasteiger charge is -2.09. The molecule has 7 heteroatoms. The summed E-state index contributed by atoms with van der Waals surface area (Å²) in [6.45, 7) is 3.07. The van der Waals surface area contributed by atoms with Crippen LogP contribution in [0.1, 0.15) is 29.3 Å². The van der Waals surface area contributed by atoms with Crippen LogP contribution in [0.4, 0.5) is 0 Å². The van der Waals surface area contributed by atoms with Crippen molar-refractivity contribution in [3.8, 4) is 22.8 Å². The largest absolute Gasteiger partial charge is 0.497 e. The second kappa shape index (κ2) is 9.30. The van der Waals surface area contributed by atoms with Gasteiger partial charge in [-0.05, 0) is 36.2 Å². The molecule has 4 rings (SSSR count). The van der Waals surface area contributed by atoms with Crippen LogP contribution in [0.25, 0.3) is 22.4 Å². The van der Waals surface area contributed by atoms with Gasteiger partial charge in [0.2, 0.25) is 0 Å². The van der Waals surface area contributed by atoms with Crippen LogP contribution in [0.15, 0.2) is 60.9 Å². The highest BCUT2D eigenvalue weighted by Crippen LogP contribution is 2.25. The lowest BCUT2D eigenvalue weighted by atomic mass is 10.1. The van der Waals surface area contributed by atoms with E-state index in [1.54, 1.807) is 19.5 Å². The predicted octanol–water partition coefficient (Wildman–Crippen LogP) is 4.35. The van der Waals surface area contributed by atoms with Crippen LogP contribution in [0, 0.1) is 0 Å². The molecule has 0 saturated heterocycles. The number of benzene rings is 2. The van der Waals surface area contributed by atoms with E-state index in [4.69, 9.17) is 9.47 Å². The smallest absolute Gasteiger partial charge is 0.255 e. The summed E-state index contributed by atoms with van der Waals surface area (Å²) in [5.41, 5.74) is 4.20. The van der Waals surface area contributed by atoms with E-state index in [0.717, 1.165) is 29.0 Å². The number of amides is 1. The van der Waals surface area contributed by atoms with Crippen LogP contribution in [-0.4, -0.2) is 34.5 Å². The summed E-state index contributed by atoms with van der Waals surface area (Å²) in [6.07, 6.45) is 4.21. The minimum Gasteiger partial charge on any atom is -0.497 e. The molecular weight excluding hydrogens is 392 g/mol. The highest BCUT2D eigenvalue weighted by atomic mass is 16.5. The predicted molar refractivity (Wildman–Crippen MR) is 119 cm³/mol. The summed E-state index contributed by atoms with van der Waals surface area (Å²) in [5, 5.41) is 2.88. The van der Waals surface area contributed by atoms with Crippen LogP contribution in [0.2, 0.25) is 0 Å². The van der Waals surface area contributed by atoms with Crippen molar-refractivity contribution in [1.29, 1.82) is 0 Å². The van der Waals surface area contributed by atoms with E-state index < -0.39 is 0 Å². The number of aromatic nitrogens is 3. The fourth-order valence-electron chi connectivity index (χ4n) is 3.17. The van der Waals surface area contributed by atoms with Crippen molar-refractivity contribution >= 4 is 17.1 Å². The highest BCUT2D eigenvalue weighted by molar-refractivity contribution is 6.04. The van der Waals surface area contributed by atoms with Crippen molar-refractivity contribution in [3.63, 3.8) is 0 Å². The topological polar surface area (TPSA) is 89.1 Å². The number of carbonyl (C=O) groups is 1. The Bertz CT molecular complexity index is 1190. The number of aromatic amines is 1. The average molecular weight is 416 g/mol. The maximum atomic E-state index is 12.4. The molecule has 2 N–H and O–H groups in total. The monoisotopic (exact) mass is 416 g/mol. The van der Waals surface area contributed by atoms with Gasteiger partial charge in [-0.25, -0.2) is 9.97 Å². The number of ether oxygens (including phenoxy) is 2. The van der Waals surface area contributed by atoms with Gasteiger partial charge in [0.05, 0.1) is 24.6 Å². The molecule has 0 aliphatic rings. The van der Waals surface area contributed by atoms with E-state index in [1.807, 2.05) is 55.5 Å². The molecule has 0 fully saturated rings. The minimum absolute atomic E-state index is 0.156. The van der Waals surface area contributed by atoms with Crippen molar-refractivity contribution < 1.29 is 14.3 Å². The van der Waals surface area contributed by atoms with Crippen LogP contribution in [0.5, 0.6) is 11.5 Å². The Morgan fingerprint density at radius 3 is 2.74 bits per heavy atom. The van der Waals surface area contributed by atoms with E-state index in [-0.39, 0.29) is 5.91 Å². The highest BCUT2D eigenvalue weighted by Gasteiger charge is 2.15. The summed E-state index contributed by atoms with van der Waals surface area (Å²) >= 11 is 0. The molecule has 158 valence electrons. The van der Waals surface area contributed by atoms with Gasteiger partial charge in [-0.3, -0.25) is 4.79 Å². The molecular formula is C24H24N4O3. The van der Waals surface area contributed by atoms with Crippen LogP contribution in [-0.2, 0) is 6.61 Å². The van der Waals surface area contributed by atoms with Crippen LogP contribution in [0.3, 0.4) is 0 Å². The van der Waals surface area contributed by atoms with Crippen molar-refractivity contribution in [3.05, 3.63) is 72.1 Å². The molecule has 31 heavy (non-hydrogen) atoms.